The number of carboxylic acid groups (broad SMARTS) is 2. The predicted molar refractivity (Wildman–Crippen MR) is 167 cm³/mol. The molecular formula is C34H33NO9. The van der Waals surface area contributed by atoms with Crippen molar-refractivity contribution in [3.63, 3.8) is 0 Å². The number of carbonyl (C=O) groups is 4. The third-order valence-electron chi connectivity index (χ3n) is 6.54. The predicted octanol–water partition coefficient (Wildman–Crippen LogP) is 5.84. The van der Waals surface area contributed by atoms with Crippen molar-refractivity contribution in [3.05, 3.63) is 102 Å². The molecule has 228 valence electrons. The van der Waals surface area contributed by atoms with E-state index in [4.69, 9.17) is 19.4 Å². The fourth-order valence-corrected chi connectivity index (χ4v) is 4.14. The van der Waals surface area contributed by atoms with Crippen LogP contribution in [0.1, 0.15) is 37.3 Å². The highest BCUT2D eigenvalue weighted by Gasteiger charge is 2.26. The van der Waals surface area contributed by atoms with Crippen molar-refractivity contribution < 1.29 is 43.7 Å². The van der Waals surface area contributed by atoms with Gasteiger partial charge in [0.05, 0.1) is 25.5 Å². The number of rotatable bonds is 13. The molecule has 1 heterocycles. The van der Waals surface area contributed by atoms with Crippen LogP contribution in [-0.4, -0.2) is 59.6 Å². The quantitative estimate of drug-likeness (QED) is 0.0469. The van der Waals surface area contributed by atoms with Gasteiger partial charge in [-0.1, -0.05) is 74.3 Å². The molecule has 2 N–H and O–H groups in total. The Labute approximate surface area is 254 Å². The van der Waals surface area contributed by atoms with Gasteiger partial charge in [0.2, 0.25) is 0 Å². The minimum absolute atomic E-state index is 0.00844. The normalized spacial score (nSPS) is 13.9. The van der Waals surface area contributed by atoms with E-state index in [1.165, 1.54) is 6.21 Å². The van der Waals surface area contributed by atoms with Crippen molar-refractivity contribution in [1.82, 2.24) is 0 Å². The monoisotopic (exact) mass is 599 g/mol. The number of nitrogens with zero attached hydrogens (tertiary/aromatic N) is 1. The summed E-state index contributed by atoms with van der Waals surface area (Å²) >= 11 is 0. The molecule has 0 aliphatic carbocycles. The first kappa shape index (κ1) is 33.2. The maximum Gasteiger partial charge on any atom is 0.357 e. The number of fused-ring (bicyclic) bond motifs is 2. The van der Waals surface area contributed by atoms with Gasteiger partial charge < -0.3 is 24.5 Å². The van der Waals surface area contributed by atoms with Gasteiger partial charge >= 0.3 is 23.9 Å². The molecule has 0 spiro atoms. The van der Waals surface area contributed by atoms with E-state index in [-0.39, 0.29) is 24.7 Å². The highest BCUT2D eigenvalue weighted by molar-refractivity contribution is 6.16. The van der Waals surface area contributed by atoms with Gasteiger partial charge in [0.15, 0.2) is 0 Å². The van der Waals surface area contributed by atoms with Crippen LogP contribution in [0.15, 0.2) is 96.2 Å². The van der Waals surface area contributed by atoms with E-state index >= 15 is 0 Å². The Balaban J connectivity index is 0.000000281. The first-order valence-corrected chi connectivity index (χ1v) is 13.7. The molecule has 0 saturated carbocycles. The molecule has 3 aromatic rings. The lowest BCUT2D eigenvalue weighted by atomic mass is 9.93. The number of ether oxygens (including phenoxy) is 2. The summed E-state index contributed by atoms with van der Waals surface area (Å²) in [5, 5.41) is 25.4. The highest BCUT2D eigenvalue weighted by atomic mass is 16.7. The molecule has 0 radical (unpaired) electrons. The molecule has 1 aliphatic rings. The smallest absolute Gasteiger partial charge is 0.357 e. The third kappa shape index (κ3) is 9.33. The average molecular weight is 600 g/mol. The summed E-state index contributed by atoms with van der Waals surface area (Å²) in [5.41, 5.74) is 2.19. The Bertz CT molecular complexity index is 1680. The number of esters is 1. The maximum atomic E-state index is 11.5. The Kier molecular flexibility index (Phi) is 11.9. The Morgan fingerprint density at radius 2 is 1.73 bits per heavy atom. The van der Waals surface area contributed by atoms with E-state index in [2.05, 4.69) is 24.9 Å². The van der Waals surface area contributed by atoms with Gasteiger partial charge in [-0.15, -0.1) is 0 Å². The Hall–Kier alpha value is -5.35. The zero-order valence-electron chi connectivity index (χ0n) is 24.3. The van der Waals surface area contributed by atoms with Crippen LogP contribution in [0.25, 0.3) is 27.6 Å². The number of aliphatic carboxylic acids is 2. The van der Waals surface area contributed by atoms with Crippen molar-refractivity contribution >= 4 is 57.7 Å². The standard InChI is InChI=1S/C23H19NO4.C11H14O5/c1-3-15(23(26)27)12-17-9-7-10-18-13-16-8-5-6-11-19(16)20(22(17)18)14-24-28-21(25)4-2;1-7(10(12)13)3-4-15-11(14)8(2)5-9-6-16-9/h4-14H,2-3H2,1H3,(H,26,27);9H,1-6H2,(H,12,13). The molecular weight excluding hydrogens is 566 g/mol. The van der Waals surface area contributed by atoms with E-state index in [0.29, 0.717) is 30.6 Å². The van der Waals surface area contributed by atoms with E-state index in [1.54, 1.807) is 13.0 Å². The second-order valence-corrected chi connectivity index (χ2v) is 9.69. The molecule has 0 bridgehead atoms. The summed E-state index contributed by atoms with van der Waals surface area (Å²) < 4.78 is 9.78. The highest BCUT2D eigenvalue weighted by Crippen LogP contribution is 2.31. The summed E-state index contributed by atoms with van der Waals surface area (Å²) in [6.07, 6.45) is 5.27. The number of carboxylic acids is 2. The van der Waals surface area contributed by atoms with Crippen LogP contribution < -0.4 is 0 Å². The number of carbonyl (C=O) groups excluding carboxylic acids is 2. The first-order chi connectivity index (χ1) is 21.0. The Morgan fingerprint density at radius 1 is 1.02 bits per heavy atom. The largest absolute Gasteiger partial charge is 0.478 e. The summed E-state index contributed by atoms with van der Waals surface area (Å²) in [7, 11) is 0. The van der Waals surface area contributed by atoms with Crippen molar-refractivity contribution in [3.8, 4) is 0 Å². The van der Waals surface area contributed by atoms with E-state index < -0.39 is 23.9 Å². The van der Waals surface area contributed by atoms with Crippen LogP contribution in [-0.2, 0) is 33.5 Å². The van der Waals surface area contributed by atoms with Gasteiger partial charge in [-0.05, 0) is 45.7 Å². The average Bonchev–Trinajstić information content (AvgIpc) is 3.83. The third-order valence-corrected chi connectivity index (χ3v) is 6.54. The van der Waals surface area contributed by atoms with Gasteiger partial charge in [-0.2, -0.15) is 0 Å². The van der Waals surface area contributed by atoms with Crippen molar-refractivity contribution in [1.29, 1.82) is 0 Å². The lowest BCUT2D eigenvalue weighted by Crippen LogP contribution is -2.11. The summed E-state index contributed by atoms with van der Waals surface area (Å²) in [6.45, 7) is 12.7. The lowest BCUT2D eigenvalue weighted by Gasteiger charge is -2.11. The molecule has 1 aliphatic heterocycles. The topological polar surface area (TPSA) is 152 Å². The Morgan fingerprint density at radius 3 is 2.36 bits per heavy atom. The molecule has 1 atom stereocenters. The molecule has 0 aromatic heterocycles. The second kappa shape index (κ2) is 15.8. The molecule has 44 heavy (non-hydrogen) atoms. The van der Waals surface area contributed by atoms with Gasteiger partial charge in [0.25, 0.3) is 0 Å². The van der Waals surface area contributed by atoms with Crippen molar-refractivity contribution in [2.45, 2.75) is 32.3 Å². The molecule has 3 aromatic carbocycles. The van der Waals surface area contributed by atoms with Gasteiger partial charge in [0, 0.05) is 41.2 Å². The second-order valence-electron chi connectivity index (χ2n) is 9.69. The fraction of sp³-hybridized carbons (Fsp3) is 0.206. The van der Waals surface area contributed by atoms with Crippen LogP contribution in [0.2, 0.25) is 0 Å². The number of epoxide rings is 1. The summed E-state index contributed by atoms with van der Waals surface area (Å²) in [4.78, 5) is 49.3. The number of hydrogen-bond donors (Lipinski definition) is 2. The van der Waals surface area contributed by atoms with Crippen LogP contribution in [0.5, 0.6) is 0 Å². The molecule has 1 saturated heterocycles. The molecule has 1 unspecified atom stereocenters. The van der Waals surface area contributed by atoms with Crippen LogP contribution in [0.3, 0.4) is 0 Å². The zero-order valence-corrected chi connectivity index (χ0v) is 24.3. The minimum atomic E-state index is -1.08. The fourth-order valence-electron chi connectivity index (χ4n) is 4.14. The van der Waals surface area contributed by atoms with Crippen molar-refractivity contribution in [2.24, 2.45) is 5.16 Å². The van der Waals surface area contributed by atoms with E-state index in [9.17, 15) is 24.3 Å². The SMILES string of the molecule is C=C(CCOC(=O)C(=C)CC1CO1)C(=O)O.C=CC(=O)ON=Cc1c2ccccc2cc2cccc(C=C(CC)C(=O)O)c12. The number of hydrogen-bond acceptors (Lipinski definition) is 8. The zero-order chi connectivity index (χ0) is 32.2. The van der Waals surface area contributed by atoms with Gasteiger partial charge in [-0.25, -0.2) is 19.2 Å². The van der Waals surface area contributed by atoms with Crippen molar-refractivity contribution in [2.75, 3.05) is 13.2 Å². The first-order valence-electron chi connectivity index (χ1n) is 13.7. The summed E-state index contributed by atoms with van der Waals surface area (Å²) in [6, 6.07) is 15.5. The van der Waals surface area contributed by atoms with Crippen LogP contribution in [0.4, 0.5) is 0 Å². The number of oxime groups is 1. The van der Waals surface area contributed by atoms with Gasteiger partial charge in [0.1, 0.15) is 0 Å². The van der Waals surface area contributed by atoms with E-state index in [1.807, 2.05) is 48.5 Å². The van der Waals surface area contributed by atoms with E-state index in [0.717, 1.165) is 38.7 Å². The summed E-state index contributed by atoms with van der Waals surface area (Å²) in [5.74, 6) is -3.19. The van der Waals surface area contributed by atoms with Crippen LogP contribution >= 0.6 is 0 Å². The lowest BCUT2D eigenvalue weighted by molar-refractivity contribution is -0.140. The van der Waals surface area contributed by atoms with Crippen LogP contribution in [0, 0.1) is 0 Å². The van der Waals surface area contributed by atoms with Gasteiger partial charge in [-0.3, -0.25) is 0 Å². The molecule has 10 heteroatoms. The molecule has 1 fully saturated rings. The molecule has 0 amide bonds. The molecule has 10 nitrogen and oxygen atoms in total. The minimum Gasteiger partial charge on any atom is -0.478 e. The molecule has 4 rings (SSSR count). The maximum absolute atomic E-state index is 11.5. The number of benzene rings is 3.